The largest absolute Gasteiger partial charge is 0.466 e. The molecule has 0 aliphatic rings. The van der Waals surface area contributed by atoms with Gasteiger partial charge >= 0.3 is 5.97 Å². The number of carbonyl (C=O) groups excluding carboxylic acids is 3. The number of ether oxygens (including phenoxy) is 1. The smallest absolute Gasteiger partial charge is 0.307 e. The molecule has 7 nitrogen and oxygen atoms in total. The molecule has 0 heterocycles. The van der Waals surface area contributed by atoms with Crippen LogP contribution in [0.4, 0.5) is 4.39 Å². The Bertz CT molecular complexity index is 1180. The second-order valence-corrected chi connectivity index (χ2v) is 8.63. The highest BCUT2D eigenvalue weighted by atomic mass is 19.1. The van der Waals surface area contributed by atoms with E-state index in [9.17, 15) is 18.8 Å². The summed E-state index contributed by atoms with van der Waals surface area (Å²) in [6.07, 6.45) is 1.43. The highest BCUT2D eigenvalue weighted by molar-refractivity contribution is 5.92. The Morgan fingerprint density at radius 1 is 0.972 bits per heavy atom. The lowest BCUT2D eigenvalue weighted by Crippen LogP contribution is -2.52. The van der Waals surface area contributed by atoms with Crippen molar-refractivity contribution in [2.24, 2.45) is 5.73 Å². The number of fused-ring (bicyclic) bond motifs is 1. The fraction of sp³-hybridized carbons (Fsp3) is 0.321. The first-order valence-corrected chi connectivity index (χ1v) is 12.1. The van der Waals surface area contributed by atoms with Gasteiger partial charge in [-0.2, -0.15) is 0 Å². The minimum Gasteiger partial charge on any atom is -0.466 e. The summed E-state index contributed by atoms with van der Waals surface area (Å²) in [6.45, 7) is 2.50. The number of nitrogens with two attached hydrogens (primary N) is 1. The van der Waals surface area contributed by atoms with Gasteiger partial charge in [0, 0.05) is 13.0 Å². The van der Waals surface area contributed by atoms with Gasteiger partial charge in [0.2, 0.25) is 11.8 Å². The zero-order chi connectivity index (χ0) is 25.9. The number of hydrogen-bond donors (Lipinski definition) is 3. The Labute approximate surface area is 210 Å². The van der Waals surface area contributed by atoms with Crippen molar-refractivity contribution < 1.29 is 23.5 Å². The summed E-state index contributed by atoms with van der Waals surface area (Å²) in [5.41, 5.74) is 7.51. The highest BCUT2D eigenvalue weighted by Crippen LogP contribution is 2.18. The molecule has 3 rings (SSSR count). The minimum atomic E-state index is -1.17. The first-order chi connectivity index (χ1) is 17.4. The van der Waals surface area contributed by atoms with Crippen LogP contribution in [0.15, 0.2) is 66.7 Å². The molecule has 0 aliphatic carbocycles. The Morgan fingerprint density at radius 2 is 1.69 bits per heavy atom. The molecule has 190 valence electrons. The Morgan fingerprint density at radius 3 is 2.44 bits per heavy atom. The van der Waals surface area contributed by atoms with E-state index >= 15 is 0 Å². The van der Waals surface area contributed by atoms with Crippen molar-refractivity contribution in [1.82, 2.24) is 10.6 Å². The second kappa shape index (κ2) is 13.3. The van der Waals surface area contributed by atoms with E-state index in [0.29, 0.717) is 5.56 Å². The van der Waals surface area contributed by atoms with Crippen LogP contribution in [0.3, 0.4) is 0 Å². The number of carbonyl (C=O) groups is 3. The molecule has 0 saturated heterocycles. The number of rotatable bonds is 12. The van der Waals surface area contributed by atoms with E-state index in [1.807, 2.05) is 49.4 Å². The van der Waals surface area contributed by atoms with Gasteiger partial charge in [-0.15, -0.1) is 0 Å². The van der Waals surface area contributed by atoms with Crippen LogP contribution in [-0.4, -0.2) is 36.5 Å². The molecule has 0 aromatic heterocycles. The summed E-state index contributed by atoms with van der Waals surface area (Å²) < 4.78 is 18.4. The third kappa shape index (κ3) is 7.88. The molecule has 0 saturated carbocycles. The molecule has 0 bridgehead atoms. The number of halogens is 1. The number of esters is 1. The van der Waals surface area contributed by atoms with Crippen molar-refractivity contribution in [2.75, 3.05) is 6.61 Å². The van der Waals surface area contributed by atoms with Gasteiger partial charge in [0.15, 0.2) is 0 Å². The molecule has 2 amide bonds. The van der Waals surface area contributed by atoms with Crippen molar-refractivity contribution in [1.29, 1.82) is 0 Å². The third-order valence-corrected chi connectivity index (χ3v) is 5.80. The van der Waals surface area contributed by atoms with Crippen LogP contribution in [0.5, 0.6) is 0 Å². The number of nitrogens with one attached hydrogen (secondary N) is 2. The van der Waals surface area contributed by atoms with E-state index in [2.05, 4.69) is 10.6 Å². The first-order valence-electron chi connectivity index (χ1n) is 12.1. The molecule has 0 aliphatic heterocycles. The standard InChI is InChI=1S/C28H32FN3O4/c1-2-3-15-36-26(33)17-24(30)27(34)32-25(16-19-11-13-22(29)14-12-19)28(35)31-18-21-9-6-8-20-7-4-5-10-23(20)21/h4-14,24-25H,2-3,15-18,30H2,1H3,(H,31,35)(H,32,34)/t24-,25-/m0/s1. The lowest BCUT2D eigenvalue weighted by molar-refractivity contribution is -0.145. The van der Waals surface area contributed by atoms with Crippen LogP contribution in [-0.2, 0) is 32.1 Å². The topological polar surface area (TPSA) is 111 Å². The normalized spacial score (nSPS) is 12.5. The van der Waals surface area contributed by atoms with Crippen LogP contribution in [0.25, 0.3) is 10.8 Å². The van der Waals surface area contributed by atoms with E-state index in [1.54, 1.807) is 12.1 Å². The van der Waals surface area contributed by atoms with Crippen molar-refractivity contribution >= 4 is 28.6 Å². The van der Waals surface area contributed by atoms with E-state index in [4.69, 9.17) is 10.5 Å². The molecule has 4 N–H and O–H groups in total. The zero-order valence-corrected chi connectivity index (χ0v) is 20.3. The molecular weight excluding hydrogens is 461 g/mol. The maximum absolute atomic E-state index is 13.4. The van der Waals surface area contributed by atoms with E-state index in [1.165, 1.54) is 12.1 Å². The zero-order valence-electron chi connectivity index (χ0n) is 20.3. The van der Waals surface area contributed by atoms with E-state index < -0.39 is 35.7 Å². The highest BCUT2D eigenvalue weighted by Gasteiger charge is 2.26. The summed E-state index contributed by atoms with van der Waals surface area (Å²) in [4.78, 5) is 37.8. The third-order valence-electron chi connectivity index (χ3n) is 5.80. The van der Waals surface area contributed by atoms with Gasteiger partial charge in [0.1, 0.15) is 11.9 Å². The van der Waals surface area contributed by atoms with Crippen LogP contribution in [0.1, 0.15) is 37.3 Å². The second-order valence-electron chi connectivity index (χ2n) is 8.63. The van der Waals surface area contributed by atoms with Gasteiger partial charge in [-0.05, 0) is 40.5 Å². The molecular formula is C28H32FN3O4. The average molecular weight is 494 g/mol. The lowest BCUT2D eigenvalue weighted by Gasteiger charge is -2.21. The van der Waals surface area contributed by atoms with E-state index in [-0.39, 0.29) is 26.0 Å². The molecule has 0 fully saturated rings. The number of hydrogen-bond acceptors (Lipinski definition) is 5. The van der Waals surface area contributed by atoms with Gasteiger partial charge in [-0.25, -0.2) is 4.39 Å². The van der Waals surface area contributed by atoms with Gasteiger partial charge < -0.3 is 21.1 Å². The van der Waals surface area contributed by atoms with Crippen LogP contribution in [0.2, 0.25) is 0 Å². The van der Waals surface area contributed by atoms with Crippen LogP contribution >= 0.6 is 0 Å². The fourth-order valence-corrected chi connectivity index (χ4v) is 3.76. The number of benzene rings is 3. The van der Waals surface area contributed by atoms with E-state index in [0.717, 1.165) is 29.2 Å². The maximum atomic E-state index is 13.4. The Balaban J connectivity index is 1.68. The Hall–Kier alpha value is -3.78. The molecule has 0 unspecified atom stereocenters. The summed E-state index contributed by atoms with van der Waals surface area (Å²) in [6, 6.07) is 17.2. The number of unbranched alkanes of at least 4 members (excludes halogenated alkanes) is 1. The molecule has 36 heavy (non-hydrogen) atoms. The molecule has 2 atom stereocenters. The fourth-order valence-electron chi connectivity index (χ4n) is 3.76. The number of amides is 2. The molecule has 3 aromatic carbocycles. The monoisotopic (exact) mass is 493 g/mol. The SMILES string of the molecule is CCCCOC(=O)C[C@H](N)C(=O)N[C@@H](Cc1ccc(F)cc1)C(=O)NCc1cccc2ccccc12. The van der Waals surface area contributed by atoms with Crippen LogP contribution < -0.4 is 16.4 Å². The van der Waals surface area contributed by atoms with Gasteiger partial charge in [0.25, 0.3) is 0 Å². The molecule has 0 spiro atoms. The van der Waals surface area contributed by atoms with Crippen molar-refractivity contribution in [3.05, 3.63) is 83.7 Å². The summed E-state index contributed by atoms with van der Waals surface area (Å²) in [7, 11) is 0. The van der Waals surface area contributed by atoms with Gasteiger partial charge in [-0.3, -0.25) is 14.4 Å². The molecule has 8 heteroatoms. The van der Waals surface area contributed by atoms with Gasteiger partial charge in [-0.1, -0.05) is 67.9 Å². The molecule has 0 radical (unpaired) electrons. The maximum Gasteiger partial charge on any atom is 0.307 e. The summed E-state index contributed by atoms with van der Waals surface area (Å²) in [5, 5.41) is 7.60. The summed E-state index contributed by atoms with van der Waals surface area (Å²) in [5.74, 6) is -2.03. The lowest BCUT2D eigenvalue weighted by atomic mass is 10.0. The quantitative estimate of drug-likeness (QED) is 0.265. The average Bonchev–Trinajstić information content (AvgIpc) is 2.88. The molecule has 3 aromatic rings. The van der Waals surface area contributed by atoms with Gasteiger partial charge in [0.05, 0.1) is 19.1 Å². The van der Waals surface area contributed by atoms with Crippen molar-refractivity contribution in [3.8, 4) is 0 Å². The predicted octanol–water partition coefficient (Wildman–Crippen LogP) is 3.38. The predicted molar refractivity (Wildman–Crippen MR) is 136 cm³/mol. The summed E-state index contributed by atoms with van der Waals surface area (Å²) >= 11 is 0. The van der Waals surface area contributed by atoms with Crippen molar-refractivity contribution in [3.63, 3.8) is 0 Å². The Kier molecular flexibility index (Phi) is 9.94. The van der Waals surface area contributed by atoms with Crippen LogP contribution in [0, 0.1) is 5.82 Å². The van der Waals surface area contributed by atoms with Crippen molar-refractivity contribution in [2.45, 2.75) is 51.2 Å². The minimum absolute atomic E-state index is 0.126. The first kappa shape index (κ1) is 26.8.